The van der Waals surface area contributed by atoms with Gasteiger partial charge in [0, 0.05) is 5.69 Å². The first-order valence-electron chi connectivity index (χ1n) is 6.41. The second-order valence-electron chi connectivity index (χ2n) is 4.58. The van der Waals surface area contributed by atoms with Crippen molar-refractivity contribution in [3.05, 3.63) is 58.1 Å². The van der Waals surface area contributed by atoms with Crippen molar-refractivity contribution < 1.29 is 9.90 Å². The van der Waals surface area contributed by atoms with Crippen LogP contribution < -0.4 is 5.32 Å². The molecule has 0 aliphatic rings. The van der Waals surface area contributed by atoms with Crippen molar-refractivity contribution in [1.82, 2.24) is 0 Å². The molecule has 2 aromatic carbocycles. The zero-order valence-electron chi connectivity index (χ0n) is 11.4. The molecule has 2 aromatic rings. The van der Waals surface area contributed by atoms with E-state index in [1.807, 2.05) is 32.0 Å². The average Bonchev–Trinajstić information content (AvgIpc) is 2.43. The van der Waals surface area contributed by atoms with E-state index in [1.54, 1.807) is 0 Å². The monoisotopic (exact) mass is 289 g/mol. The van der Waals surface area contributed by atoms with Crippen LogP contribution in [0.5, 0.6) is 5.75 Å². The molecule has 0 radical (unpaired) electrons. The van der Waals surface area contributed by atoms with Crippen molar-refractivity contribution in [3.63, 3.8) is 0 Å². The maximum atomic E-state index is 12.3. The molecule has 0 saturated heterocycles. The van der Waals surface area contributed by atoms with Crippen LogP contribution in [0.1, 0.15) is 28.4 Å². The summed E-state index contributed by atoms with van der Waals surface area (Å²) >= 11 is 6.00. The highest BCUT2D eigenvalue weighted by molar-refractivity contribution is 6.34. The fourth-order valence-electron chi connectivity index (χ4n) is 2.07. The van der Waals surface area contributed by atoms with Crippen molar-refractivity contribution in [3.8, 4) is 5.75 Å². The van der Waals surface area contributed by atoms with Gasteiger partial charge in [0.05, 0.1) is 10.6 Å². The van der Waals surface area contributed by atoms with Crippen LogP contribution in [0.4, 0.5) is 5.69 Å². The Morgan fingerprint density at radius 2 is 2.05 bits per heavy atom. The molecule has 0 aromatic heterocycles. The van der Waals surface area contributed by atoms with E-state index in [-0.39, 0.29) is 17.2 Å². The summed E-state index contributed by atoms with van der Waals surface area (Å²) in [5.41, 5.74) is 3.12. The summed E-state index contributed by atoms with van der Waals surface area (Å²) in [4.78, 5) is 12.3. The molecule has 0 aliphatic heterocycles. The number of hydrogen-bond donors (Lipinski definition) is 2. The third-order valence-corrected chi connectivity index (χ3v) is 3.50. The van der Waals surface area contributed by atoms with E-state index in [0.29, 0.717) is 5.02 Å². The standard InChI is InChI=1S/C16H16ClNO2/c1-3-11-6-4-5-10(2)15(11)18-16(20)13-9-12(19)7-8-14(13)17/h4-9,19H,3H2,1-2H3,(H,18,20). The summed E-state index contributed by atoms with van der Waals surface area (Å²) in [7, 11) is 0. The number of amides is 1. The Kier molecular flexibility index (Phi) is 4.30. The van der Waals surface area contributed by atoms with E-state index in [2.05, 4.69) is 5.32 Å². The Bertz CT molecular complexity index is 653. The summed E-state index contributed by atoms with van der Waals surface area (Å²) in [5, 5.41) is 12.7. The fourth-order valence-corrected chi connectivity index (χ4v) is 2.27. The van der Waals surface area contributed by atoms with Crippen LogP contribution in [-0.2, 0) is 6.42 Å². The van der Waals surface area contributed by atoms with Crippen molar-refractivity contribution in [2.24, 2.45) is 0 Å². The first-order valence-corrected chi connectivity index (χ1v) is 6.79. The lowest BCUT2D eigenvalue weighted by Gasteiger charge is -2.13. The summed E-state index contributed by atoms with van der Waals surface area (Å²) < 4.78 is 0. The van der Waals surface area contributed by atoms with Crippen LogP contribution in [0, 0.1) is 6.92 Å². The molecule has 4 heteroatoms. The highest BCUT2D eigenvalue weighted by Crippen LogP contribution is 2.25. The minimum absolute atomic E-state index is 0.0139. The number of benzene rings is 2. The SMILES string of the molecule is CCc1cccc(C)c1NC(=O)c1cc(O)ccc1Cl. The molecule has 0 atom stereocenters. The van der Waals surface area contributed by atoms with Gasteiger partial charge >= 0.3 is 0 Å². The number of aryl methyl sites for hydroxylation is 2. The third kappa shape index (κ3) is 2.94. The van der Waals surface area contributed by atoms with Crippen LogP contribution in [0.15, 0.2) is 36.4 Å². The molecular formula is C16H16ClNO2. The Morgan fingerprint density at radius 3 is 2.75 bits per heavy atom. The average molecular weight is 290 g/mol. The van der Waals surface area contributed by atoms with E-state index >= 15 is 0 Å². The van der Waals surface area contributed by atoms with Crippen LogP contribution in [-0.4, -0.2) is 11.0 Å². The zero-order chi connectivity index (χ0) is 14.7. The molecule has 0 unspecified atom stereocenters. The number of rotatable bonds is 3. The summed E-state index contributed by atoms with van der Waals surface area (Å²) in [6, 6.07) is 10.2. The molecular weight excluding hydrogens is 274 g/mol. The lowest BCUT2D eigenvalue weighted by atomic mass is 10.1. The first kappa shape index (κ1) is 14.4. The van der Waals surface area contributed by atoms with Gasteiger partial charge in [0.2, 0.25) is 0 Å². The molecule has 20 heavy (non-hydrogen) atoms. The molecule has 0 fully saturated rings. The van der Waals surface area contributed by atoms with E-state index < -0.39 is 0 Å². The predicted molar refractivity (Wildman–Crippen MR) is 81.6 cm³/mol. The second-order valence-corrected chi connectivity index (χ2v) is 4.99. The van der Waals surface area contributed by atoms with Crippen LogP contribution in [0.3, 0.4) is 0 Å². The predicted octanol–water partition coefficient (Wildman–Crippen LogP) is 4.17. The lowest BCUT2D eigenvalue weighted by Crippen LogP contribution is -2.14. The van der Waals surface area contributed by atoms with Gasteiger partial charge < -0.3 is 10.4 Å². The number of aromatic hydroxyl groups is 1. The topological polar surface area (TPSA) is 49.3 Å². The Hall–Kier alpha value is -2.00. The Labute approximate surface area is 123 Å². The van der Waals surface area contributed by atoms with Gasteiger partial charge in [0.25, 0.3) is 5.91 Å². The van der Waals surface area contributed by atoms with Crippen LogP contribution >= 0.6 is 11.6 Å². The quantitative estimate of drug-likeness (QED) is 0.891. The summed E-state index contributed by atoms with van der Waals surface area (Å²) in [6.45, 7) is 3.98. The minimum Gasteiger partial charge on any atom is -0.508 e. The van der Waals surface area contributed by atoms with Crippen molar-refractivity contribution in [2.45, 2.75) is 20.3 Å². The minimum atomic E-state index is -0.324. The van der Waals surface area contributed by atoms with Gasteiger partial charge in [-0.05, 0) is 42.7 Å². The maximum Gasteiger partial charge on any atom is 0.257 e. The number of para-hydroxylation sites is 1. The number of nitrogens with one attached hydrogen (secondary N) is 1. The van der Waals surface area contributed by atoms with Crippen molar-refractivity contribution in [2.75, 3.05) is 5.32 Å². The van der Waals surface area contributed by atoms with E-state index in [1.165, 1.54) is 18.2 Å². The van der Waals surface area contributed by atoms with Crippen molar-refractivity contribution >= 4 is 23.2 Å². The molecule has 104 valence electrons. The smallest absolute Gasteiger partial charge is 0.257 e. The molecule has 0 saturated carbocycles. The fraction of sp³-hybridized carbons (Fsp3) is 0.188. The first-order chi connectivity index (χ1) is 9.52. The molecule has 3 nitrogen and oxygen atoms in total. The number of anilines is 1. The van der Waals surface area contributed by atoms with E-state index in [9.17, 15) is 9.90 Å². The van der Waals surface area contributed by atoms with Crippen molar-refractivity contribution in [1.29, 1.82) is 0 Å². The number of halogens is 1. The summed E-state index contributed by atoms with van der Waals surface area (Å²) in [5.74, 6) is -0.310. The summed E-state index contributed by atoms with van der Waals surface area (Å²) in [6.07, 6.45) is 0.824. The number of carbonyl (C=O) groups is 1. The normalized spacial score (nSPS) is 10.3. The van der Waals surface area contributed by atoms with Gasteiger partial charge in [-0.2, -0.15) is 0 Å². The van der Waals surface area contributed by atoms with Gasteiger partial charge in [0.15, 0.2) is 0 Å². The molecule has 2 N–H and O–H groups in total. The van der Waals surface area contributed by atoms with Gasteiger partial charge in [-0.15, -0.1) is 0 Å². The number of phenolic OH excluding ortho intramolecular Hbond substituents is 1. The van der Waals surface area contributed by atoms with Gasteiger partial charge in [-0.25, -0.2) is 0 Å². The Balaban J connectivity index is 2.35. The zero-order valence-corrected chi connectivity index (χ0v) is 12.2. The van der Waals surface area contributed by atoms with E-state index in [4.69, 9.17) is 11.6 Å². The molecule has 1 amide bonds. The highest BCUT2D eigenvalue weighted by Gasteiger charge is 2.14. The Morgan fingerprint density at radius 1 is 1.30 bits per heavy atom. The molecule has 2 rings (SSSR count). The highest BCUT2D eigenvalue weighted by atomic mass is 35.5. The third-order valence-electron chi connectivity index (χ3n) is 3.17. The molecule has 0 heterocycles. The van der Waals surface area contributed by atoms with E-state index in [0.717, 1.165) is 23.2 Å². The maximum absolute atomic E-state index is 12.3. The van der Waals surface area contributed by atoms with Crippen LogP contribution in [0.25, 0.3) is 0 Å². The van der Waals surface area contributed by atoms with Gasteiger partial charge in [0.1, 0.15) is 5.75 Å². The molecule has 0 bridgehead atoms. The molecule has 0 aliphatic carbocycles. The van der Waals surface area contributed by atoms with Gasteiger partial charge in [-0.1, -0.05) is 36.7 Å². The largest absolute Gasteiger partial charge is 0.508 e. The van der Waals surface area contributed by atoms with Crippen LogP contribution in [0.2, 0.25) is 5.02 Å². The number of phenols is 1. The second kappa shape index (κ2) is 5.97. The number of carbonyl (C=O) groups excluding carboxylic acids is 1. The number of hydrogen-bond acceptors (Lipinski definition) is 2. The lowest BCUT2D eigenvalue weighted by molar-refractivity contribution is 0.102. The molecule has 0 spiro atoms. The van der Waals surface area contributed by atoms with Gasteiger partial charge in [-0.3, -0.25) is 4.79 Å².